The highest BCUT2D eigenvalue weighted by atomic mass is 79.9. The summed E-state index contributed by atoms with van der Waals surface area (Å²) in [5.74, 6) is -0.915. The van der Waals surface area contributed by atoms with Gasteiger partial charge in [-0.15, -0.1) is 0 Å². The predicted octanol–water partition coefficient (Wildman–Crippen LogP) is 3.77. The van der Waals surface area contributed by atoms with Crippen molar-refractivity contribution in [3.63, 3.8) is 0 Å². The molecule has 0 saturated carbocycles. The first-order valence-corrected chi connectivity index (χ1v) is 7.09. The van der Waals surface area contributed by atoms with Gasteiger partial charge in [-0.1, -0.05) is 31.9 Å². The van der Waals surface area contributed by atoms with E-state index in [0.717, 1.165) is 8.95 Å². The molecule has 1 aromatic carbocycles. The zero-order valence-corrected chi connectivity index (χ0v) is 13.1. The molecule has 0 spiro atoms. The van der Waals surface area contributed by atoms with E-state index in [1.807, 2.05) is 0 Å². The van der Waals surface area contributed by atoms with Crippen molar-refractivity contribution in [2.75, 3.05) is 0 Å². The SMILES string of the molecule is O=C(O)CCc1c(OC(=O)O)[nH]c2cc(Br)cc(Br)c12. The number of hydrogen-bond donors (Lipinski definition) is 3. The average Bonchev–Trinajstić information content (AvgIpc) is 2.62. The summed E-state index contributed by atoms with van der Waals surface area (Å²) in [7, 11) is 0. The second kappa shape index (κ2) is 5.84. The first-order valence-electron chi connectivity index (χ1n) is 5.50. The Morgan fingerprint density at radius 2 is 1.95 bits per heavy atom. The van der Waals surface area contributed by atoms with Gasteiger partial charge < -0.3 is 19.9 Å². The van der Waals surface area contributed by atoms with E-state index in [1.165, 1.54) is 0 Å². The van der Waals surface area contributed by atoms with Crippen LogP contribution in [0.1, 0.15) is 12.0 Å². The van der Waals surface area contributed by atoms with Crippen molar-refractivity contribution in [2.24, 2.45) is 0 Å². The number of H-pyrrole nitrogens is 1. The maximum atomic E-state index is 10.7. The van der Waals surface area contributed by atoms with Crippen LogP contribution in [0.15, 0.2) is 21.1 Å². The summed E-state index contributed by atoms with van der Waals surface area (Å²) < 4.78 is 6.21. The molecule has 1 aromatic heterocycles. The fraction of sp³-hybridized carbons (Fsp3) is 0.167. The molecule has 8 heteroatoms. The van der Waals surface area contributed by atoms with Crippen LogP contribution in [0.4, 0.5) is 4.79 Å². The first-order chi connectivity index (χ1) is 9.38. The quantitative estimate of drug-likeness (QED) is 0.671. The van der Waals surface area contributed by atoms with Gasteiger partial charge in [0.25, 0.3) is 0 Å². The number of aryl methyl sites for hydroxylation is 1. The fourth-order valence-corrected chi connectivity index (χ4v) is 3.40. The van der Waals surface area contributed by atoms with Gasteiger partial charge in [-0.05, 0) is 18.6 Å². The van der Waals surface area contributed by atoms with Crippen molar-refractivity contribution in [1.29, 1.82) is 0 Å². The Morgan fingerprint density at radius 3 is 2.55 bits per heavy atom. The van der Waals surface area contributed by atoms with E-state index in [9.17, 15) is 9.59 Å². The summed E-state index contributed by atoms with van der Waals surface area (Å²) in [6.07, 6.45) is -1.41. The molecule has 3 N–H and O–H groups in total. The number of carboxylic acid groups (broad SMARTS) is 2. The van der Waals surface area contributed by atoms with Crippen molar-refractivity contribution in [3.8, 4) is 5.88 Å². The van der Waals surface area contributed by atoms with Crippen LogP contribution in [0.2, 0.25) is 0 Å². The molecule has 0 amide bonds. The number of fused-ring (bicyclic) bond motifs is 1. The number of carbonyl (C=O) groups is 2. The van der Waals surface area contributed by atoms with Crippen LogP contribution < -0.4 is 4.74 Å². The second-order valence-electron chi connectivity index (χ2n) is 4.00. The molecule has 2 rings (SSSR count). The maximum Gasteiger partial charge on any atom is 0.512 e. The lowest BCUT2D eigenvalue weighted by Gasteiger charge is -2.03. The summed E-state index contributed by atoms with van der Waals surface area (Å²) in [5.41, 5.74) is 1.17. The Balaban J connectivity index is 2.58. The summed E-state index contributed by atoms with van der Waals surface area (Å²) >= 11 is 6.71. The van der Waals surface area contributed by atoms with Crippen molar-refractivity contribution in [1.82, 2.24) is 4.98 Å². The van der Waals surface area contributed by atoms with Gasteiger partial charge in [0.05, 0.1) is 5.52 Å². The van der Waals surface area contributed by atoms with Crippen LogP contribution in [0.3, 0.4) is 0 Å². The normalized spacial score (nSPS) is 10.7. The minimum absolute atomic E-state index is 0.0487. The third-order valence-corrected chi connectivity index (χ3v) is 3.74. The molecule has 0 unspecified atom stereocenters. The minimum Gasteiger partial charge on any atom is -0.481 e. The molecule has 0 bridgehead atoms. The molecule has 1 heterocycles. The summed E-state index contributed by atoms with van der Waals surface area (Å²) in [6, 6.07) is 3.56. The molecule has 6 nitrogen and oxygen atoms in total. The first kappa shape index (κ1) is 14.9. The number of halogens is 2. The smallest absolute Gasteiger partial charge is 0.481 e. The van der Waals surface area contributed by atoms with Gasteiger partial charge >= 0.3 is 12.1 Å². The molecule has 0 aliphatic carbocycles. The van der Waals surface area contributed by atoms with Crippen LogP contribution in [-0.2, 0) is 11.2 Å². The fourth-order valence-electron chi connectivity index (χ4n) is 1.94. The van der Waals surface area contributed by atoms with Gasteiger partial charge in [0.1, 0.15) is 0 Å². The van der Waals surface area contributed by atoms with Gasteiger partial charge in [0, 0.05) is 26.3 Å². The highest BCUT2D eigenvalue weighted by molar-refractivity contribution is 9.11. The molecule has 0 atom stereocenters. The number of aromatic nitrogens is 1. The lowest BCUT2D eigenvalue weighted by atomic mass is 10.1. The van der Waals surface area contributed by atoms with E-state index in [1.54, 1.807) is 12.1 Å². The number of aromatic amines is 1. The summed E-state index contributed by atoms with van der Waals surface area (Å²) in [5, 5.41) is 18.2. The molecule has 0 fully saturated rings. The third-order valence-electron chi connectivity index (χ3n) is 2.66. The van der Waals surface area contributed by atoms with Crippen LogP contribution in [0.25, 0.3) is 10.9 Å². The highest BCUT2D eigenvalue weighted by Crippen LogP contribution is 2.36. The number of ether oxygens (including phenoxy) is 1. The molecule has 0 aliphatic rings. The summed E-state index contributed by atoms with van der Waals surface area (Å²) in [4.78, 5) is 24.3. The Hall–Kier alpha value is -1.54. The lowest BCUT2D eigenvalue weighted by Crippen LogP contribution is -2.06. The van der Waals surface area contributed by atoms with Gasteiger partial charge in [-0.2, -0.15) is 0 Å². The zero-order chi connectivity index (χ0) is 14.9. The number of hydrogen-bond acceptors (Lipinski definition) is 3. The average molecular weight is 407 g/mol. The molecule has 0 aliphatic heterocycles. The molecule has 2 aromatic rings. The molecule has 106 valence electrons. The van der Waals surface area contributed by atoms with Crippen LogP contribution in [0, 0.1) is 0 Å². The van der Waals surface area contributed by atoms with Crippen molar-refractivity contribution < 1.29 is 24.5 Å². The van der Waals surface area contributed by atoms with Crippen molar-refractivity contribution in [2.45, 2.75) is 12.8 Å². The van der Waals surface area contributed by atoms with Gasteiger partial charge in [0.15, 0.2) is 0 Å². The second-order valence-corrected chi connectivity index (χ2v) is 5.77. The largest absolute Gasteiger partial charge is 0.512 e. The van der Waals surface area contributed by atoms with E-state index in [2.05, 4.69) is 41.6 Å². The van der Waals surface area contributed by atoms with Crippen LogP contribution in [0.5, 0.6) is 5.88 Å². The Labute approximate surface area is 130 Å². The van der Waals surface area contributed by atoms with Crippen LogP contribution >= 0.6 is 31.9 Å². The molecular formula is C12H9Br2NO5. The van der Waals surface area contributed by atoms with Crippen molar-refractivity contribution in [3.05, 3.63) is 26.6 Å². The monoisotopic (exact) mass is 405 g/mol. The number of rotatable bonds is 4. The maximum absolute atomic E-state index is 10.7. The number of benzene rings is 1. The number of nitrogens with one attached hydrogen (secondary N) is 1. The minimum atomic E-state index is -1.46. The molecule has 0 radical (unpaired) electrons. The molecule has 20 heavy (non-hydrogen) atoms. The van der Waals surface area contributed by atoms with Gasteiger partial charge in [0.2, 0.25) is 5.88 Å². The van der Waals surface area contributed by atoms with E-state index in [0.29, 0.717) is 16.5 Å². The van der Waals surface area contributed by atoms with Gasteiger partial charge in [-0.3, -0.25) is 4.79 Å². The summed E-state index contributed by atoms with van der Waals surface area (Å²) in [6.45, 7) is 0. The van der Waals surface area contributed by atoms with Gasteiger partial charge in [-0.25, -0.2) is 4.79 Å². The van der Waals surface area contributed by atoms with Crippen LogP contribution in [-0.4, -0.2) is 27.3 Å². The highest BCUT2D eigenvalue weighted by Gasteiger charge is 2.18. The van der Waals surface area contributed by atoms with E-state index in [-0.39, 0.29) is 18.7 Å². The van der Waals surface area contributed by atoms with E-state index < -0.39 is 12.1 Å². The van der Waals surface area contributed by atoms with Crippen molar-refractivity contribution >= 4 is 54.9 Å². The topological polar surface area (TPSA) is 99.6 Å². The third kappa shape index (κ3) is 3.13. The lowest BCUT2D eigenvalue weighted by molar-refractivity contribution is -0.136. The van der Waals surface area contributed by atoms with E-state index in [4.69, 9.17) is 10.2 Å². The Bertz CT molecular complexity index is 695. The number of carboxylic acids is 1. The zero-order valence-electron chi connectivity index (χ0n) is 9.94. The molecule has 0 saturated heterocycles. The Kier molecular flexibility index (Phi) is 4.34. The number of aliphatic carboxylic acids is 1. The van der Waals surface area contributed by atoms with E-state index >= 15 is 0 Å². The Morgan fingerprint density at radius 1 is 1.25 bits per heavy atom. The standard InChI is InChI=1S/C12H9Br2NO5/c13-5-3-7(14)10-6(1-2-9(16)17)11(20-12(18)19)15-8(10)4-5/h3-4,15H,1-2H2,(H,16,17)(H,18,19). The predicted molar refractivity (Wildman–Crippen MR) is 78.3 cm³/mol. The molecular weight excluding hydrogens is 398 g/mol.